The number of carbonyl (C=O) groups is 1. The maximum atomic E-state index is 12.2. The van der Waals surface area contributed by atoms with E-state index in [1.54, 1.807) is 19.2 Å². The molecule has 5 nitrogen and oxygen atoms in total. The molecule has 1 atom stereocenters. The third-order valence-electron chi connectivity index (χ3n) is 3.50. The molecule has 25 heavy (non-hydrogen) atoms. The summed E-state index contributed by atoms with van der Waals surface area (Å²) < 4.78 is 16.4. The first-order valence-electron chi connectivity index (χ1n) is 8.09. The summed E-state index contributed by atoms with van der Waals surface area (Å²) in [4.78, 5) is 12.2. The van der Waals surface area contributed by atoms with Gasteiger partial charge >= 0.3 is 0 Å². The number of rotatable bonds is 9. The maximum Gasteiger partial charge on any atom is 0.261 e. The molecule has 0 heterocycles. The fourth-order valence-corrected chi connectivity index (χ4v) is 2.32. The second kappa shape index (κ2) is 9.79. The highest BCUT2D eigenvalue weighted by atomic mass is 35.5. The molecule has 1 unspecified atom stereocenters. The first kappa shape index (κ1) is 18.9. The van der Waals surface area contributed by atoms with Crippen molar-refractivity contribution in [3.8, 4) is 17.2 Å². The van der Waals surface area contributed by atoms with Crippen molar-refractivity contribution in [2.45, 2.75) is 19.4 Å². The molecule has 0 radical (unpaired) electrons. The minimum absolute atomic E-state index is 0.194. The summed E-state index contributed by atoms with van der Waals surface area (Å²) in [5.74, 6) is 1.79. The van der Waals surface area contributed by atoms with Crippen LogP contribution in [0.25, 0.3) is 0 Å². The molecule has 0 aliphatic rings. The van der Waals surface area contributed by atoms with Crippen LogP contribution in [-0.4, -0.2) is 32.3 Å². The molecule has 2 aromatic rings. The van der Waals surface area contributed by atoms with E-state index in [0.29, 0.717) is 30.3 Å². The average molecular weight is 364 g/mol. The van der Waals surface area contributed by atoms with E-state index in [0.717, 1.165) is 11.5 Å². The fraction of sp³-hybridized carbons (Fsp3) is 0.316. The molecule has 1 N–H and O–H groups in total. The van der Waals surface area contributed by atoms with Crippen LogP contribution in [0.15, 0.2) is 48.5 Å². The minimum atomic E-state index is -0.596. The van der Waals surface area contributed by atoms with Crippen molar-refractivity contribution in [3.05, 3.63) is 53.6 Å². The van der Waals surface area contributed by atoms with E-state index >= 15 is 0 Å². The van der Waals surface area contributed by atoms with Crippen LogP contribution in [0, 0.1) is 0 Å². The number of ether oxygens (including phenoxy) is 3. The SMILES string of the molecule is CCC(Oc1ccccc1Cl)C(=O)NCCOc1ccc(OC)cc1. The lowest BCUT2D eigenvalue weighted by Crippen LogP contribution is -2.39. The Labute approximate surface area is 152 Å². The number of halogens is 1. The molecule has 0 saturated carbocycles. The van der Waals surface area contributed by atoms with E-state index in [1.807, 2.05) is 43.3 Å². The predicted molar refractivity (Wildman–Crippen MR) is 97.7 cm³/mol. The first-order valence-corrected chi connectivity index (χ1v) is 8.47. The number of para-hydroxylation sites is 1. The third-order valence-corrected chi connectivity index (χ3v) is 3.81. The molecular formula is C19H22ClNO4. The molecule has 2 aromatic carbocycles. The van der Waals surface area contributed by atoms with Crippen LogP contribution >= 0.6 is 11.6 Å². The summed E-state index contributed by atoms with van der Waals surface area (Å²) in [5, 5.41) is 3.29. The van der Waals surface area contributed by atoms with Gasteiger partial charge in [0.1, 0.15) is 23.9 Å². The Bertz CT molecular complexity index is 675. The number of hydrogen-bond donors (Lipinski definition) is 1. The summed E-state index contributed by atoms with van der Waals surface area (Å²) in [5.41, 5.74) is 0. The highest BCUT2D eigenvalue weighted by Gasteiger charge is 2.18. The van der Waals surface area contributed by atoms with Crippen molar-refractivity contribution >= 4 is 17.5 Å². The molecule has 1 amide bonds. The lowest BCUT2D eigenvalue weighted by atomic mass is 10.2. The molecule has 6 heteroatoms. The van der Waals surface area contributed by atoms with Gasteiger partial charge in [0.2, 0.25) is 0 Å². The molecule has 2 rings (SSSR count). The van der Waals surface area contributed by atoms with Crippen molar-refractivity contribution in [2.75, 3.05) is 20.3 Å². The van der Waals surface area contributed by atoms with Crippen molar-refractivity contribution in [1.29, 1.82) is 0 Å². The first-order chi connectivity index (χ1) is 12.1. The summed E-state index contributed by atoms with van der Waals surface area (Å²) in [6.45, 7) is 2.63. The lowest BCUT2D eigenvalue weighted by molar-refractivity contribution is -0.128. The van der Waals surface area contributed by atoms with Crippen molar-refractivity contribution < 1.29 is 19.0 Å². The van der Waals surface area contributed by atoms with Gasteiger partial charge in [-0.05, 0) is 42.8 Å². The highest BCUT2D eigenvalue weighted by Crippen LogP contribution is 2.24. The van der Waals surface area contributed by atoms with Gasteiger partial charge in [-0.1, -0.05) is 30.7 Å². The zero-order valence-corrected chi connectivity index (χ0v) is 15.1. The number of hydrogen-bond acceptors (Lipinski definition) is 4. The molecule has 0 saturated heterocycles. The Morgan fingerprint density at radius 3 is 2.44 bits per heavy atom. The van der Waals surface area contributed by atoms with Gasteiger partial charge in [0.05, 0.1) is 18.7 Å². The maximum absolute atomic E-state index is 12.2. The standard InChI is InChI=1S/C19H22ClNO4/c1-3-17(25-18-7-5-4-6-16(18)20)19(22)21-12-13-24-15-10-8-14(23-2)9-11-15/h4-11,17H,3,12-13H2,1-2H3,(H,21,22). The van der Waals surface area contributed by atoms with Gasteiger partial charge in [-0.15, -0.1) is 0 Å². The van der Waals surface area contributed by atoms with Crippen LogP contribution in [0.4, 0.5) is 0 Å². The van der Waals surface area contributed by atoms with E-state index in [2.05, 4.69) is 5.32 Å². The Balaban J connectivity index is 1.76. The normalized spacial score (nSPS) is 11.5. The number of nitrogens with one attached hydrogen (secondary N) is 1. The largest absolute Gasteiger partial charge is 0.497 e. The van der Waals surface area contributed by atoms with Gasteiger partial charge in [0, 0.05) is 0 Å². The van der Waals surface area contributed by atoms with Crippen LogP contribution in [0.1, 0.15) is 13.3 Å². The Morgan fingerprint density at radius 1 is 1.12 bits per heavy atom. The van der Waals surface area contributed by atoms with Gasteiger partial charge < -0.3 is 19.5 Å². The zero-order valence-electron chi connectivity index (χ0n) is 14.3. The minimum Gasteiger partial charge on any atom is -0.497 e. The van der Waals surface area contributed by atoms with E-state index in [-0.39, 0.29) is 5.91 Å². The second-order valence-corrected chi connectivity index (χ2v) is 5.67. The molecule has 0 aromatic heterocycles. The third kappa shape index (κ3) is 5.87. The summed E-state index contributed by atoms with van der Waals surface area (Å²) in [6, 6.07) is 14.4. The van der Waals surface area contributed by atoms with Crippen LogP contribution in [0.3, 0.4) is 0 Å². The van der Waals surface area contributed by atoms with Crippen LogP contribution in [0.2, 0.25) is 5.02 Å². The smallest absolute Gasteiger partial charge is 0.261 e. The van der Waals surface area contributed by atoms with Crippen molar-refractivity contribution in [2.24, 2.45) is 0 Å². The van der Waals surface area contributed by atoms with Gasteiger partial charge in [-0.25, -0.2) is 0 Å². The van der Waals surface area contributed by atoms with Gasteiger partial charge in [-0.3, -0.25) is 4.79 Å². The number of amides is 1. The number of carbonyl (C=O) groups excluding carboxylic acids is 1. The molecule has 134 valence electrons. The van der Waals surface area contributed by atoms with E-state index in [9.17, 15) is 4.79 Å². The summed E-state index contributed by atoms with van der Waals surface area (Å²) in [6.07, 6.45) is -0.0583. The fourth-order valence-electron chi connectivity index (χ4n) is 2.14. The van der Waals surface area contributed by atoms with E-state index in [4.69, 9.17) is 25.8 Å². The highest BCUT2D eigenvalue weighted by molar-refractivity contribution is 6.32. The molecular weight excluding hydrogens is 342 g/mol. The van der Waals surface area contributed by atoms with Gasteiger partial charge in [0.15, 0.2) is 6.10 Å². The monoisotopic (exact) mass is 363 g/mol. The Kier molecular flexibility index (Phi) is 7.41. The molecule has 0 aliphatic heterocycles. The lowest BCUT2D eigenvalue weighted by Gasteiger charge is -2.18. The average Bonchev–Trinajstić information content (AvgIpc) is 2.65. The number of benzene rings is 2. The quantitative estimate of drug-likeness (QED) is 0.690. The van der Waals surface area contributed by atoms with E-state index in [1.165, 1.54) is 0 Å². The van der Waals surface area contributed by atoms with Crippen LogP contribution < -0.4 is 19.5 Å². The number of methoxy groups -OCH3 is 1. The summed E-state index contributed by atoms with van der Waals surface area (Å²) >= 11 is 6.06. The Hall–Kier alpha value is -2.40. The Morgan fingerprint density at radius 2 is 1.80 bits per heavy atom. The van der Waals surface area contributed by atoms with E-state index < -0.39 is 6.10 Å². The van der Waals surface area contributed by atoms with Gasteiger partial charge in [0.25, 0.3) is 5.91 Å². The zero-order chi connectivity index (χ0) is 18.1. The molecule has 0 bridgehead atoms. The predicted octanol–water partition coefficient (Wildman–Crippen LogP) is 3.70. The van der Waals surface area contributed by atoms with Crippen LogP contribution in [0.5, 0.6) is 17.2 Å². The molecule has 0 fully saturated rings. The molecule has 0 spiro atoms. The van der Waals surface area contributed by atoms with Crippen molar-refractivity contribution in [1.82, 2.24) is 5.32 Å². The van der Waals surface area contributed by atoms with Crippen LogP contribution in [-0.2, 0) is 4.79 Å². The van der Waals surface area contributed by atoms with Gasteiger partial charge in [-0.2, -0.15) is 0 Å². The topological polar surface area (TPSA) is 56.8 Å². The summed E-state index contributed by atoms with van der Waals surface area (Å²) in [7, 11) is 1.61. The molecule has 0 aliphatic carbocycles. The second-order valence-electron chi connectivity index (χ2n) is 5.26. The van der Waals surface area contributed by atoms with Crippen molar-refractivity contribution in [3.63, 3.8) is 0 Å².